The van der Waals surface area contributed by atoms with E-state index in [4.69, 9.17) is 8.85 Å². The van der Waals surface area contributed by atoms with E-state index in [1.54, 1.807) is 0 Å². The van der Waals surface area contributed by atoms with Gasteiger partial charge in [0.2, 0.25) is 0 Å². The van der Waals surface area contributed by atoms with Crippen LogP contribution in [0.4, 0.5) is 0 Å². The van der Waals surface area contributed by atoms with Crippen molar-refractivity contribution in [2.24, 2.45) is 0 Å². The van der Waals surface area contributed by atoms with Gasteiger partial charge in [-0.2, -0.15) is 0 Å². The van der Waals surface area contributed by atoms with Gasteiger partial charge in [0.1, 0.15) is 11.5 Å². The lowest BCUT2D eigenvalue weighted by Crippen LogP contribution is -2.41. The predicted octanol–water partition coefficient (Wildman–Crippen LogP) is 13.5. The maximum atomic E-state index is 15.1. The Morgan fingerprint density at radius 1 is 0.460 bits per heavy atom. The normalized spacial score (nSPS) is 14.5. The molecule has 0 heterocycles. The fourth-order valence-corrected chi connectivity index (χ4v) is 17.4. The van der Waals surface area contributed by atoms with Gasteiger partial charge in [-0.3, -0.25) is 9.59 Å². The maximum Gasteiger partial charge on any atom is 0.251 e. The molecule has 0 aliphatic heterocycles. The van der Waals surface area contributed by atoms with E-state index in [2.05, 4.69) is 66.7 Å². The van der Waals surface area contributed by atoms with Gasteiger partial charge in [-0.25, -0.2) is 0 Å². The topological polar surface area (TPSA) is 52.6 Å². The van der Waals surface area contributed by atoms with Gasteiger partial charge in [-0.15, -0.1) is 0 Å². The first-order valence-corrected chi connectivity index (χ1v) is 25.5. The summed E-state index contributed by atoms with van der Waals surface area (Å²) < 4.78 is 15.2. The van der Waals surface area contributed by atoms with Crippen LogP contribution < -0.4 is 0 Å². The average Bonchev–Trinajstić information content (AvgIpc) is 3.15. The quantitative estimate of drug-likeness (QED) is 0.108. The summed E-state index contributed by atoms with van der Waals surface area (Å²) in [4.78, 5) is 30.0. The minimum Gasteiger partial charge on any atom is -0.543 e. The molecule has 0 radical (unpaired) electrons. The molecule has 0 aromatic heterocycles. The van der Waals surface area contributed by atoms with Crippen LogP contribution in [0.15, 0.2) is 53.6 Å². The first kappa shape index (κ1) is 40.1. The third-order valence-corrected chi connectivity index (χ3v) is 20.0. The number of aryl methyl sites for hydroxylation is 1. The summed E-state index contributed by atoms with van der Waals surface area (Å²) in [5.74, 6) is 1.15. The van der Waals surface area contributed by atoms with Crippen LogP contribution >= 0.6 is 0 Å². The third kappa shape index (κ3) is 9.01. The summed E-state index contributed by atoms with van der Waals surface area (Å²) in [6.45, 7) is 15.7. The number of ketones is 2. The lowest BCUT2D eigenvalue weighted by atomic mass is 9.76. The molecule has 0 N–H and O–H groups in total. The van der Waals surface area contributed by atoms with Gasteiger partial charge in [-0.1, -0.05) is 162 Å². The standard InChI is InChI=1S/C44H66O4Si2/c1-8-15-27-49(28-16-9-2,29-17-10-3)47-43-36-24-22-21-23-35(36)41(45)39-40(43)42(46)38-33-34(14-7)25-26-37(38)44(39)48-50(30-18-11-4,31-19-12-5)32-20-13-6/h21-26,33H,8-20,27-32H2,1-7H3. The first-order chi connectivity index (χ1) is 24.3. The molecule has 2 aliphatic rings. The molecular weight excluding hydrogens is 649 g/mol. The van der Waals surface area contributed by atoms with Crippen molar-refractivity contribution in [1.82, 2.24) is 0 Å². The molecule has 2 aliphatic carbocycles. The number of hydrogen-bond donors (Lipinski definition) is 0. The van der Waals surface area contributed by atoms with E-state index >= 15 is 4.79 Å². The molecule has 0 amide bonds. The summed E-state index contributed by atoms with van der Waals surface area (Å²) in [6, 6.07) is 20.6. The van der Waals surface area contributed by atoms with E-state index in [-0.39, 0.29) is 11.6 Å². The summed E-state index contributed by atoms with van der Waals surface area (Å²) in [7, 11) is -4.70. The summed E-state index contributed by atoms with van der Waals surface area (Å²) in [5, 5.41) is 0. The highest BCUT2D eigenvalue weighted by Crippen LogP contribution is 2.49. The monoisotopic (exact) mass is 714 g/mol. The highest BCUT2D eigenvalue weighted by molar-refractivity contribution is 6.75. The molecule has 6 heteroatoms. The van der Waals surface area contributed by atoms with Crippen LogP contribution in [0.2, 0.25) is 36.3 Å². The van der Waals surface area contributed by atoms with Crippen molar-refractivity contribution in [2.75, 3.05) is 0 Å². The fourth-order valence-electron chi connectivity index (χ4n) is 7.97. The van der Waals surface area contributed by atoms with Gasteiger partial charge < -0.3 is 8.85 Å². The molecule has 274 valence electrons. The van der Waals surface area contributed by atoms with E-state index < -0.39 is 16.6 Å². The Morgan fingerprint density at radius 2 is 0.820 bits per heavy atom. The van der Waals surface area contributed by atoms with E-state index in [0.717, 1.165) is 136 Å². The van der Waals surface area contributed by atoms with Gasteiger partial charge in [0, 0.05) is 22.3 Å². The number of Topliss-reactive ketones (excluding diaryl/α,β-unsaturated/α-hetero) is 2. The molecule has 4 rings (SSSR count). The highest BCUT2D eigenvalue weighted by atomic mass is 28.4. The SMILES string of the molecule is CCCC[Si](CCCC)(CCCC)OC1=C2C(=O)c3cc(CC)ccc3C(O[Si](CCCC)(CCCC)CCCC)=C2C(=O)c2ccccc21. The molecule has 0 saturated heterocycles. The van der Waals surface area contributed by atoms with Crippen molar-refractivity contribution in [3.05, 3.63) is 81.4 Å². The minimum atomic E-state index is -2.35. The zero-order valence-corrected chi connectivity index (χ0v) is 34.6. The maximum absolute atomic E-state index is 15.1. The van der Waals surface area contributed by atoms with Crippen molar-refractivity contribution in [2.45, 2.75) is 168 Å². The van der Waals surface area contributed by atoms with Crippen LogP contribution in [0.3, 0.4) is 0 Å². The van der Waals surface area contributed by atoms with Crippen LogP contribution in [0.1, 0.15) is 163 Å². The summed E-state index contributed by atoms with van der Waals surface area (Å²) in [5.41, 5.74) is 4.93. The largest absolute Gasteiger partial charge is 0.543 e. The zero-order chi connectivity index (χ0) is 36.1. The van der Waals surface area contributed by atoms with E-state index in [0.29, 0.717) is 33.8 Å². The Morgan fingerprint density at radius 3 is 1.20 bits per heavy atom. The lowest BCUT2D eigenvalue weighted by molar-refractivity contribution is 0.0988. The summed E-state index contributed by atoms with van der Waals surface area (Å²) in [6.07, 6.45) is 14.3. The second-order valence-corrected chi connectivity index (χ2v) is 23.2. The average molecular weight is 715 g/mol. The van der Waals surface area contributed by atoms with Gasteiger partial charge in [0.25, 0.3) is 16.6 Å². The second kappa shape index (κ2) is 19.2. The van der Waals surface area contributed by atoms with Gasteiger partial charge in [-0.05, 0) is 54.3 Å². The molecule has 4 nitrogen and oxygen atoms in total. The molecule has 50 heavy (non-hydrogen) atoms. The number of rotatable bonds is 23. The molecule has 0 bridgehead atoms. The fraction of sp³-hybridized carbons (Fsp3) is 0.591. The Balaban J connectivity index is 2.09. The number of fused-ring (bicyclic) bond motifs is 3. The number of carbonyl (C=O) groups excluding carboxylic acids is 2. The van der Waals surface area contributed by atoms with Gasteiger partial charge in [0.15, 0.2) is 11.6 Å². The number of carbonyl (C=O) groups is 2. The number of hydrogen-bond acceptors (Lipinski definition) is 4. The van der Waals surface area contributed by atoms with E-state index in [9.17, 15) is 4.79 Å². The van der Waals surface area contributed by atoms with E-state index in [1.165, 1.54) is 0 Å². The van der Waals surface area contributed by atoms with Gasteiger partial charge >= 0.3 is 0 Å². The Hall–Kier alpha value is -2.71. The molecular formula is C44H66O4Si2. The molecule has 0 saturated carbocycles. The van der Waals surface area contributed by atoms with Crippen LogP contribution in [-0.2, 0) is 15.3 Å². The highest BCUT2D eigenvalue weighted by Gasteiger charge is 2.47. The van der Waals surface area contributed by atoms with Crippen LogP contribution in [0, 0.1) is 0 Å². The Kier molecular flexibility index (Phi) is 15.4. The summed E-state index contributed by atoms with van der Waals surface area (Å²) >= 11 is 0. The number of benzene rings is 2. The second-order valence-electron chi connectivity index (χ2n) is 15.0. The van der Waals surface area contributed by atoms with Crippen LogP contribution in [-0.4, -0.2) is 28.2 Å². The molecule has 0 atom stereocenters. The molecule has 2 aromatic carbocycles. The Bertz CT molecular complexity index is 1480. The predicted molar refractivity (Wildman–Crippen MR) is 217 cm³/mol. The van der Waals surface area contributed by atoms with Crippen LogP contribution in [0.5, 0.6) is 0 Å². The van der Waals surface area contributed by atoms with Crippen molar-refractivity contribution in [3.63, 3.8) is 0 Å². The van der Waals surface area contributed by atoms with Crippen molar-refractivity contribution in [3.8, 4) is 0 Å². The smallest absolute Gasteiger partial charge is 0.251 e. The van der Waals surface area contributed by atoms with E-state index in [1.807, 2.05) is 24.3 Å². The lowest BCUT2D eigenvalue weighted by Gasteiger charge is -2.40. The first-order valence-electron chi connectivity index (χ1n) is 20.5. The minimum absolute atomic E-state index is 0.0807. The molecule has 0 spiro atoms. The third-order valence-electron chi connectivity index (χ3n) is 11.1. The van der Waals surface area contributed by atoms with Crippen molar-refractivity contribution in [1.29, 1.82) is 0 Å². The van der Waals surface area contributed by atoms with Crippen molar-refractivity contribution >= 4 is 39.7 Å². The number of unbranched alkanes of at least 4 members (excludes halogenated alkanes) is 6. The zero-order valence-electron chi connectivity index (χ0n) is 32.6. The molecule has 0 unspecified atom stereocenters. The van der Waals surface area contributed by atoms with Gasteiger partial charge in [0.05, 0.1) is 11.1 Å². The number of allylic oxidation sites excluding steroid dienone is 2. The van der Waals surface area contributed by atoms with Crippen LogP contribution in [0.25, 0.3) is 11.5 Å². The van der Waals surface area contributed by atoms with Crippen molar-refractivity contribution < 1.29 is 18.4 Å². The molecule has 0 fully saturated rings. The molecule has 2 aromatic rings. The Labute approximate surface area is 306 Å².